The van der Waals surface area contributed by atoms with Crippen molar-refractivity contribution in [2.45, 2.75) is 18.9 Å². The molecule has 0 saturated heterocycles. The van der Waals surface area contributed by atoms with Crippen molar-refractivity contribution >= 4 is 64.8 Å². The minimum absolute atomic E-state index is 0.0423. The van der Waals surface area contributed by atoms with E-state index in [4.69, 9.17) is 4.99 Å². The molecular formula is C38H27N3S. The van der Waals surface area contributed by atoms with Gasteiger partial charge in [-0.2, -0.15) is 0 Å². The molecule has 2 aromatic heterocycles. The van der Waals surface area contributed by atoms with Crippen molar-refractivity contribution in [1.82, 2.24) is 4.57 Å². The van der Waals surface area contributed by atoms with Gasteiger partial charge in [0.15, 0.2) is 0 Å². The zero-order valence-electron chi connectivity index (χ0n) is 22.9. The molecule has 1 N–H and O–H groups in total. The largest absolute Gasteiger partial charge is 0.340 e. The lowest BCUT2D eigenvalue weighted by molar-refractivity contribution is 0.767. The molecule has 0 bridgehead atoms. The van der Waals surface area contributed by atoms with Crippen LogP contribution in [-0.2, 0) is 0 Å². The Bertz CT molecular complexity index is 2280. The van der Waals surface area contributed by atoms with Gasteiger partial charge in [-0.05, 0) is 60.9 Å². The number of rotatable bonds is 3. The van der Waals surface area contributed by atoms with Crippen molar-refractivity contribution in [3.8, 4) is 5.69 Å². The monoisotopic (exact) mass is 557 g/mol. The molecule has 3 nitrogen and oxygen atoms in total. The molecule has 4 heteroatoms. The maximum atomic E-state index is 5.27. The third-order valence-electron chi connectivity index (χ3n) is 8.74. The molecule has 5 aromatic carbocycles. The molecule has 200 valence electrons. The van der Waals surface area contributed by atoms with E-state index < -0.39 is 0 Å². The number of para-hydroxylation sites is 2. The highest BCUT2D eigenvalue weighted by atomic mass is 32.1. The van der Waals surface area contributed by atoms with Gasteiger partial charge in [-0.1, -0.05) is 85.0 Å². The molecule has 1 aliphatic carbocycles. The second-order valence-corrected chi connectivity index (χ2v) is 12.2. The van der Waals surface area contributed by atoms with Crippen molar-refractivity contribution in [2.75, 3.05) is 5.32 Å². The molecule has 0 radical (unpaired) electrons. The van der Waals surface area contributed by atoms with Crippen LogP contribution in [0.2, 0.25) is 0 Å². The number of nitrogens with zero attached hydrogens (tertiary/aromatic N) is 2. The van der Waals surface area contributed by atoms with E-state index in [-0.39, 0.29) is 6.04 Å². The zero-order chi connectivity index (χ0) is 27.6. The summed E-state index contributed by atoms with van der Waals surface area (Å²) < 4.78 is 5.10. The lowest BCUT2D eigenvalue weighted by atomic mass is 9.90. The van der Waals surface area contributed by atoms with Gasteiger partial charge < -0.3 is 9.88 Å². The minimum atomic E-state index is 0.0423. The van der Waals surface area contributed by atoms with Crippen LogP contribution in [-0.4, -0.2) is 10.4 Å². The summed E-state index contributed by atoms with van der Waals surface area (Å²) in [5, 5.41) is 8.85. The van der Waals surface area contributed by atoms with E-state index >= 15 is 0 Å². The fraction of sp³-hybridized carbons (Fsp3) is 0.0789. The van der Waals surface area contributed by atoms with Gasteiger partial charge in [-0.15, -0.1) is 11.3 Å². The van der Waals surface area contributed by atoms with Crippen LogP contribution in [0.25, 0.3) is 47.7 Å². The van der Waals surface area contributed by atoms with Crippen LogP contribution in [0.5, 0.6) is 0 Å². The Labute approximate surface area is 247 Å². The quantitative estimate of drug-likeness (QED) is 0.230. The van der Waals surface area contributed by atoms with Gasteiger partial charge >= 0.3 is 0 Å². The van der Waals surface area contributed by atoms with E-state index in [1.54, 1.807) is 0 Å². The molecule has 1 aliphatic heterocycles. The standard InChI is InChI=1S/C38H27N3S/c1-2-10-24(11-3-1)35-31-14-4-7-15-32(31)39-38(40-35)25-18-20-26(21-19-25)41-33-16-8-5-12-27(33)29-22-23-30-28-13-6-9-17-34(28)42-37(30)36(29)41/h1-2,4-10,12-23,35H,3,11H2,(H,39,40). The molecule has 0 spiro atoms. The Morgan fingerprint density at radius 2 is 1.52 bits per heavy atom. The number of hydrogen-bond donors (Lipinski definition) is 1. The van der Waals surface area contributed by atoms with Gasteiger partial charge in [0, 0.05) is 48.7 Å². The van der Waals surface area contributed by atoms with E-state index in [2.05, 4.69) is 137 Å². The topological polar surface area (TPSA) is 29.3 Å². The van der Waals surface area contributed by atoms with Gasteiger partial charge in [0.2, 0.25) is 0 Å². The van der Waals surface area contributed by atoms with E-state index in [1.165, 1.54) is 53.1 Å². The van der Waals surface area contributed by atoms with Crippen molar-refractivity contribution in [3.63, 3.8) is 0 Å². The Balaban J connectivity index is 1.21. The summed E-state index contributed by atoms with van der Waals surface area (Å²) in [4.78, 5) is 5.27. The number of allylic oxidation sites excluding steroid dienone is 3. The van der Waals surface area contributed by atoms with E-state index in [1.807, 2.05) is 11.3 Å². The number of aromatic nitrogens is 1. The number of anilines is 1. The lowest BCUT2D eigenvalue weighted by Crippen LogP contribution is -2.22. The van der Waals surface area contributed by atoms with Crippen molar-refractivity contribution in [3.05, 3.63) is 144 Å². The number of hydrogen-bond acceptors (Lipinski definition) is 3. The molecule has 0 fully saturated rings. The molecule has 3 heterocycles. The second-order valence-electron chi connectivity index (χ2n) is 11.1. The Morgan fingerprint density at radius 1 is 0.738 bits per heavy atom. The summed E-state index contributed by atoms with van der Waals surface area (Å²) in [7, 11) is 0. The summed E-state index contributed by atoms with van der Waals surface area (Å²) in [5.74, 6) is 0.926. The Morgan fingerprint density at radius 3 is 2.40 bits per heavy atom. The molecule has 0 amide bonds. The molecule has 9 rings (SSSR count). The predicted octanol–water partition coefficient (Wildman–Crippen LogP) is 10.3. The van der Waals surface area contributed by atoms with E-state index in [0.29, 0.717) is 0 Å². The Hall–Kier alpha value is -4.93. The summed E-state index contributed by atoms with van der Waals surface area (Å²) in [6.45, 7) is 0. The molecule has 0 saturated carbocycles. The van der Waals surface area contributed by atoms with E-state index in [0.717, 1.165) is 35.6 Å². The third kappa shape index (κ3) is 3.55. The van der Waals surface area contributed by atoms with Crippen molar-refractivity contribution in [1.29, 1.82) is 0 Å². The number of thiophene rings is 1. The van der Waals surface area contributed by atoms with Gasteiger partial charge in [0.05, 0.1) is 15.7 Å². The first-order valence-electron chi connectivity index (χ1n) is 14.6. The summed E-state index contributed by atoms with van der Waals surface area (Å²) >= 11 is 1.89. The second kappa shape index (κ2) is 9.30. The fourth-order valence-corrected chi connectivity index (χ4v) is 7.99. The number of amidine groups is 1. The van der Waals surface area contributed by atoms with Crippen LogP contribution in [0.3, 0.4) is 0 Å². The highest BCUT2D eigenvalue weighted by Gasteiger charge is 2.25. The van der Waals surface area contributed by atoms with Crippen LogP contribution in [0, 0.1) is 0 Å². The fourth-order valence-electron chi connectivity index (χ4n) is 6.75. The first kappa shape index (κ1) is 23.7. The van der Waals surface area contributed by atoms with Crippen LogP contribution in [0.1, 0.15) is 30.0 Å². The molecule has 2 aliphatic rings. The summed E-state index contributed by atoms with van der Waals surface area (Å²) in [6.07, 6.45) is 8.78. The number of aliphatic imine (C=N–C) groups is 1. The predicted molar refractivity (Wildman–Crippen MR) is 179 cm³/mol. The smallest absolute Gasteiger partial charge is 0.133 e. The summed E-state index contributed by atoms with van der Waals surface area (Å²) in [5.41, 5.74) is 8.52. The van der Waals surface area contributed by atoms with Crippen molar-refractivity contribution < 1.29 is 0 Å². The molecule has 1 atom stereocenters. The summed E-state index contributed by atoms with van der Waals surface area (Å²) in [6, 6.07) is 39.7. The van der Waals surface area contributed by atoms with Gasteiger partial charge in [-0.25, -0.2) is 0 Å². The zero-order valence-corrected chi connectivity index (χ0v) is 23.7. The first-order chi connectivity index (χ1) is 20.8. The number of benzene rings is 5. The minimum Gasteiger partial charge on any atom is -0.340 e. The highest BCUT2D eigenvalue weighted by Crippen LogP contribution is 2.43. The SMILES string of the molecule is C1=CCCC(C2N=C(c3ccc(-n4c5ccccc5c5ccc6c7ccccc7sc6c54)cc3)Nc3ccccc32)=C1. The lowest BCUT2D eigenvalue weighted by Gasteiger charge is -2.28. The highest BCUT2D eigenvalue weighted by molar-refractivity contribution is 7.26. The molecule has 42 heavy (non-hydrogen) atoms. The maximum absolute atomic E-state index is 5.27. The van der Waals surface area contributed by atoms with Gasteiger partial charge in [0.1, 0.15) is 11.9 Å². The maximum Gasteiger partial charge on any atom is 0.133 e. The number of nitrogens with one attached hydrogen (secondary N) is 1. The van der Waals surface area contributed by atoms with Crippen LogP contribution >= 0.6 is 11.3 Å². The molecular weight excluding hydrogens is 531 g/mol. The van der Waals surface area contributed by atoms with E-state index in [9.17, 15) is 0 Å². The van der Waals surface area contributed by atoms with Gasteiger partial charge in [0.25, 0.3) is 0 Å². The van der Waals surface area contributed by atoms with Crippen LogP contribution < -0.4 is 5.32 Å². The number of fused-ring (bicyclic) bond motifs is 8. The Kier molecular flexibility index (Phi) is 5.26. The average Bonchev–Trinajstić information content (AvgIpc) is 3.61. The van der Waals surface area contributed by atoms with Gasteiger partial charge in [-0.3, -0.25) is 4.99 Å². The molecule has 7 aromatic rings. The first-order valence-corrected chi connectivity index (χ1v) is 15.4. The third-order valence-corrected chi connectivity index (χ3v) is 9.94. The van der Waals surface area contributed by atoms with Crippen molar-refractivity contribution in [2.24, 2.45) is 4.99 Å². The van der Waals surface area contributed by atoms with Crippen LogP contribution in [0.4, 0.5) is 5.69 Å². The van der Waals surface area contributed by atoms with Crippen LogP contribution in [0.15, 0.2) is 138 Å². The normalized spacial score (nSPS) is 16.5. The average molecular weight is 558 g/mol. The molecule has 1 unspecified atom stereocenters.